The molecule has 8 heteroatoms. The molecule has 0 aliphatic rings. The predicted molar refractivity (Wildman–Crippen MR) is 83.2 cm³/mol. The largest absolute Gasteiger partial charge is 0.486 e. The number of carbonyl (C=O) groups is 1. The molecule has 1 N–H and O–H groups in total. The summed E-state index contributed by atoms with van der Waals surface area (Å²) in [5.41, 5.74) is 0.570. The molecule has 124 valence electrons. The van der Waals surface area contributed by atoms with Gasteiger partial charge in [0.25, 0.3) is 5.91 Å². The Labute approximate surface area is 134 Å². The number of nitrogens with zero attached hydrogens (tertiary/aromatic N) is 4. The van der Waals surface area contributed by atoms with E-state index in [1.165, 1.54) is 0 Å². The van der Waals surface area contributed by atoms with Crippen molar-refractivity contribution in [1.82, 2.24) is 25.5 Å². The highest BCUT2D eigenvalue weighted by atomic mass is 16.5. The number of benzene rings is 1. The number of tetrazole rings is 1. The van der Waals surface area contributed by atoms with Crippen LogP contribution in [0.3, 0.4) is 0 Å². The topological polar surface area (TPSA) is 91.2 Å². The molecular formula is C15H21N5O3. The standard InChI is InChI=1S/C15H21N5O3/c1-11(2)20-14(17-18-19-20)10-23-13-6-4-12(5-7-13)15(21)16-8-9-22-3/h4-7,11H,8-10H2,1-3H3,(H,16,21). The molecule has 1 amide bonds. The maximum absolute atomic E-state index is 11.9. The monoisotopic (exact) mass is 319 g/mol. The first-order valence-electron chi connectivity index (χ1n) is 7.38. The van der Waals surface area contributed by atoms with Gasteiger partial charge in [0.15, 0.2) is 5.82 Å². The first kappa shape index (κ1) is 16.9. The Morgan fingerprint density at radius 3 is 2.70 bits per heavy atom. The second-order valence-electron chi connectivity index (χ2n) is 5.20. The highest BCUT2D eigenvalue weighted by Crippen LogP contribution is 2.14. The van der Waals surface area contributed by atoms with Crippen LogP contribution < -0.4 is 10.1 Å². The molecule has 0 aliphatic carbocycles. The number of nitrogens with one attached hydrogen (secondary N) is 1. The molecule has 8 nitrogen and oxygen atoms in total. The van der Waals surface area contributed by atoms with Gasteiger partial charge in [-0.1, -0.05) is 0 Å². The van der Waals surface area contributed by atoms with E-state index in [1.807, 2.05) is 13.8 Å². The second-order valence-corrected chi connectivity index (χ2v) is 5.20. The summed E-state index contributed by atoms with van der Waals surface area (Å²) in [5.74, 6) is 1.16. The van der Waals surface area contributed by atoms with E-state index >= 15 is 0 Å². The van der Waals surface area contributed by atoms with Gasteiger partial charge >= 0.3 is 0 Å². The smallest absolute Gasteiger partial charge is 0.251 e. The van der Waals surface area contributed by atoms with Crippen LogP contribution in [0.1, 0.15) is 36.1 Å². The fraction of sp³-hybridized carbons (Fsp3) is 0.467. The molecule has 0 fully saturated rings. The van der Waals surface area contributed by atoms with Crippen LogP contribution in [0.25, 0.3) is 0 Å². The Kier molecular flexibility index (Phi) is 6.04. The molecule has 2 aromatic rings. The summed E-state index contributed by atoms with van der Waals surface area (Å²) < 4.78 is 12.3. The molecule has 1 aromatic carbocycles. The summed E-state index contributed by atoms with van der Waals surface area (Å²) in [7, 11) is 1.59. The number of rotatable bonds is 8. The first-order valence-corrected chi connectivity index (χ1v) is 7.38. The predicted octanol–water partition coefficient (Wildman–Crippen LogP) is 1.21. The first-order chi connectivity index (χ1) is 11.1. The van der Waals surface area contributed by atoms with Crippen LogP contribution in [0.5, 0.6) is 5.75 Å². The average molecular weight is 319 g/mol. The lowest BCUT2D eigenvalue weighted by Gasteiger charge is -2.09. The number of carbonyl (C=O) groups excluding carboxylic acids is 1. The van der Waals surface area contributed by atoms with E-state index in [9.17, 15) is 4.79 Å². The van der Waals surface area contributed by atoms with Crippen molar-refractivity contribution in [2.75, 3.05) is 20.3 Å². The lowest BCUT2D eigenvalue weighted by atomic mass is 10.2. The molecule has 1 aromatic heterocycles. The van der Waals surface area contributed by atoms with Gasteiger partial charge in [-0.15, -0.1) is 5.10 Å². The van der Waals surface area contributed by atoms with Crippen LogP contribution in [-0.4, -0.2) is 46.4 Å². The van der Waals surface area contributed by atoms with Gasteiger partial charge in [-0.2, -0.15) is 0 Å². The quantitative estimate of drug-likeness (QED) is 0.735. The summed E-state index contributed by atoms with van der Waals surface area (Å²) in [5, 5.41) is 14.3. The summed E-state index contributed by atoms with van der Waals surface area (Å²) in [6.07, 6.45) is 0. The van der Waals surface area contributed by atoms with Gasteiger partial charge in [-0.05, 0) is 48.5 Å². The van der Waals surface area contributed by atoms with Crippen LogP contribution in [0.2, 0.25) is 0 Å². The van der Waals surface area contributed by atoms with Crippen molar-refractivity contribution in [3.8, 4) is 5.75 Å². The molecule has 0 radical (unpaired) electrons. The Hall–Kier alpha value is -2.48. The normalized spacial score (nSPS) is 10.8. The fourth-order valence-corrected chi connectivity index (χ4v) is 1.93. The Morgan fingerprint density at radius 2 is 2.04 bits per heavy atom. The number of amides is 1. The SMILES string of the molecule is COCCNC(=O)c1ccc(OCc2nnnn2C(C)C)cc1. The van der Waals surface area contributed by atoms with Gasteiger partial charge in [-0.25, -0.2) is 4.68 Å². The summed E-state index contributed by atoms with van der Waals surface area (Å²) in [4.78, 5) is 11.9. The molecule has 0 unspecified atom stereocenters. The van der Waals surface area contributed by atoms with Crippen LogP contribution in [0.4, 0.5) is 0 Å². The van der Waals surface area contributed by atoms with Gasteiger partial charge in [0.2, 0.25) is 0 Å². The maximum Gasteiger partial charge on any atom is 0.251 e. The number of ether oxygens (including phenoxy) is 2. The minimum Gasteiger partial charge on any atom is -0.486 e. The van der Waals surface area contributed by atoms with Crippen molar-refractivity contribution in [1.29, 1.82) is 0 Å². The van der Waals surface area contributed by atoms with E-state index in [0.717, 1.165) is 0 Å². The number of aromatic nitrogens is 4. The number of methoxy groups -OCH3 is 1. The molecular weight excluding hydrogens is 298 g/mol. The van der Waals surface area contributed by atoms with E-state index in [4.69, 9.17) is 9.47 Å². The third-order valence-corrected chi connectivity index (χ3v) is 3.13. The zero-order chi connectivity index (χ0) is 16.7. The molecule has 0 saturated heterocycles. The third-order valence-electron chi connectivity index (χ3n) is 3.13. The minimum absolute atomic E-state index is 0.141. The van der Waals surface area contributed by atoms with E-state index in [0.29, 0.717) is 30.3 Å². The van der Waals surface area contributed by atoms with Crippen LogP contribution >= 0.6 is 0 Å². The summed E-state index contributed by atoms with van der Waals surface area (Å²) >= 11 is 0. The third kappa shape index (κ3) is 4.75. The minimum atomic E-state index is -0.141. The van der Waals surface area contributed by atoms with Crippen molar-refractivity contribution in [3.05, 3.63) is 35.7 Å². The molecule has 2 rings (SSSR count). The maximum atomic E-state index is 11.9. The van der Waals surface area contributed by atoms with Gasteiger partial charge in [-0.3, -0.25) is 4.79 Å². The van der Waals surface area contributed by atoms with Crippen molar-refractivity contribution in [3.63, 3.8) is 0 Å². The average Bonchev–Trinajstić information content (AvgIpc) is 3.02. The van der Waals surface area contributed by atoms with Gasteiger partial charge in [0.1, 0.15) is 12.4 Å². The Bertz CT molecular complexity index is 624. The summed E-state index contributed by atoms with van der Waals surface area (Å²) in [6, 6.07) is 7.08. The van der Waals surface area contributed by atoms with Crippen molar-refractivity contribution < 1.29 is 14.3 Å². The summed E-state index contributed by atoms with van der Waals surface area (Å²) in [6.45, 7) is 5.22. The van der Waals surface area contributed by atoms with Gasteiger partial charge in [0, 0.05) is 19.2 Å². The van der Waals surface area contributed by atoms with Gasteiger partial charge < -0.3 is 14.8 Å². The van der Waals surface area contributed by atoms with E-state index in [2.05, 4.69) is 20.8 Å². The van der Waals surface area contributed by atoms with Gasteiger partial charge in [0.05, 0.1) is 12.6 Å². The highest BCUT2D eigenvalue weighted by molar-refractivity contribution is 5.94. The number of hydrogen-bond donors (Lipinski definition) is 1. The number of hydrogen-bond acceptors (Lipinski definition) is 6. The lowest BCUT2D eigenvalue weighted by molar-refractivity contribution is 0.0937. The van der Waals surface area contributed by atoms with E-state index in [-0.39, 0.29) is 18.6 Å². The molecule has 23 heavy (non-hydrogen) atoms. The lowest BCUT2D eigenvalue weighted by Crippen LogP contribution is -2.26. The molecule has 0 spiro atoms. The molecule has 0 bridgehead atoms. The van der Waals surface area contributed by atoms with E-state index in [1.54, 1.807) is 36.1 Å². The van der Waals surface area contributed by atoms with Crippen molar-refractivity contribution >= 4 is 5.91 Å². The highest BCUT2D eigenvalue weighted by Gasteiger charge is 2.10. The van der Waals surface area contributed by atoms with Crippen LogP contribution in [-0.2, 0) is 11.3 Å². The van der Waals surface area contributed by atoms with Crippen molar-refractivity contribution in [2.45, 2.75) is 26.5 Å². The van der Waals surface area contributed by atoms with Crippen LogP contribution in [0.15, 0.2) is 24.3 Å². The van der Waals surface area contributed by atoms with E-state index < -0.39 is 0 Å². The fourth-order valence-electron chi connectivity index (χ4n) is 1.93. The Balaban J connectivity index is 1.90. The van der Waals surface area contributed by atoms with Crippen molar-refractivity contribution in [2.24, 2.45) is 0 Å². The molecule has 0 atom stereocenters. The molecule has 0 aliphatic heterocycles. The Morgan fingerprint density at radius 1 is 1.30 bits per heavy atom. The molecule has 1 heterocycles. The zero-order valence-electron chi connectivity index (χ0n) is 13.5. The second kappa shape index (κ2) is 8.23. The zero-order valence-corrected chi connectivity index (χ0v) is 13.5. The molecule has 0 saturated carbocycles. The van der Waals surface area contributed by atoms with Crippen LogP contribution in [0, 0.1) is 0 Å².